The lowest BCUT2D eigenvalue weighted by Gasteiger charge is -2.39. The standard InChI is InChI=1S/C19H21ClN2O4/c1-11-4-5-15(14(20)10-11)21-17(24)16-12(2)18(25)26-19(16)6-8-22(9-7-19)13(3)23/h4-5,10H,6-9H2,1-3H3,(H,21,24). The lowest BCUT2D eigenvalue weighted by molar-refractivity contribution is -0.152. The van der Waals surface area contributed by atoms with Crippen LogP contribution in [0.4, 0.5) is 5.69 Å². The maximum absolute atomic E-state index is 13.0. The Bertz CT molecular complexity index is 823. The number of aryl methyl sites for hydroxylation is 1. The van der Waals surface area contributed by atoms with Crippen LogP contribution in [0.3, 0.4) is 0 Å². The number of hydrogen-bond acceptors (Lipinski definition) is 4. The van der Waals surface area contributed by atoms with Crippen LogP contribution < -0.4 is 5.32 Å². The second-order valence-corrected chi connectivity index (χ2v) is 7.23. The number of hydrogen-bond donors (Lipinski definition) is 1. The third-order valence-corrected chi connectivity index (χ3v) is 5.35. The molecule has 1 aromatic rings. The van der Waals surface area contributed by atoms with E-state index in [1.807, 2.05) is 13.0 Å². The van der Waals surface area contributed by atoms with E-state index in [1.54, 1.807) is 24.0 Å². The Morgan fingerprint density at radius 3 is 2.46 bits per heavy atom. The molecular formula is C19H21ClN2O4. The van der Waals surface area contributed by atoms with Gasteiger partial charge in [-0.05, 0) is 31.5 Å². The van der Waals surface area contributed by atoms with Crippen molar-refractivity contribution in [3.8, 4) is 0 Å². The number of ether oxygens (including phenoxy) is 1. The van der Waals surface area contributed by atoms with E-state index in [2.05, 4.69) is 5.32 Å². The van der Waals surface area contributed by atoms with Crippen LogP contribution in [0.1, 0.15) is 32.3 Å². The molecular weight excluding hydrogens is 356 g/mol. The van der Waals surface area contributed by atoms with Crippen LogP contribution in [0.2, 0.25) is 5.02 Å². The highest BCUT2D eigenvalue weighted by Gasteiger charge is 2.51. The minimum absolute atomic E-state index is 0.0256. The van der Waals surface area contributed by atoms with Crippen LogP contribution in [-0.4, -0.2) is 41.4 Å². The predicted octanol–water partition coefficient (Wildman–Crippen LogP) is 2.84. The number of amides is 2. The van der Waals surface area contributed by atoms with Gasteiger partial charge >= 0.3 is 5.97 Å². The monoisotopic (exact) mass is 376 g/mol. The lowest BCUT2D eigenvalue weighted by atomic mass is 9.82. The van der Waals surface area contributed by atoms with Crippen LogP contribution >= 0.6 is 11.6 Å². The molecule has 1 N–H and O–H groups in total. The average molecular weight is 377 g/mol. The third-order valence-electron chi connectivity index (χ3n) is 5.04. The molecule has 138 valence electrons. The largest absolute Gasteiger partial charge is 0.450 e. The Hall–Kier alpha value is -2.34. The molecule has 7 heteroatoms. The molecule has 0 aromatic heterocycles. The van der Waals surface area contributed by atoms with Crippen LogP contribution in [0.5, 0.6) is 0 Å². The normalized spacial score (nSPS) is 18.9. The number of nitrogens with one attached hydrogen (secondary N) is 1. The van der Waals surface area contributed by atoms with E-state index in [1.165, 1.54) is 6.92 Å². The number of anilines is 1. The van der Waals surface area contributed by atoms with E-state index in [0.717, 1.165) is 5.56 Å². The first kappa shape index (κ1) is 18.5. The van der Waals surface area contributed by atoms with Crippen LogP contribution in [-0.2, 0) is 19.1 Å². The van der Waals surface area contributed by atoms with Crippen molar-refractivity contribution in [2.24, 2.45) is 0 Å². The van der Waals surface area contributed by atoms with Gasteiger partial charge in [0.25, 0.3) is 5.91 Å². The van der Waals surface area contributed by atoms with Gasteiger partial charge in [-0.15, -0.1) is 0 Å². The number of piperidine rings is 1. The Morgan fingerprint density at radius 2 is 1.88 bits per heavy atom. The molecule has 0 radical (unpaired) electrons. The SMILES string of the molecule is CC(=O)N1CCC2(CC1)OC(=O)C(C)=C2C(=O)Nc1ccc(C)cc1Cl. The lowest BCUT2D eigenvalue weighted by Crippen LogP contribution is -2.49. The smallest absolute Gasteiger partial charge is 0.335 e. The van der Waals surface area contributed by atoms with E-state index >= 15 is 0 Å². The Morgan fingerprint density at radius 1 is 1.23 bits per heavy atom. The van der Waals surface area contributed by atoms with Crippen molar-refractivity contribution in [3.05, 3.63) is 39.9 Å². The first-order valence-electron chi connectivity index (χ1n) is 8.51. The number of nitrogens with zero attached hydrogens (tertiary/aromatic N) is 1. The summed E-state index contributed by atoms with van der Waals surface area (Å²) in [6.07, 6.45) is 0.806. The number of esters is 1. The summed E-state index contributed by atoms with van der Waals surface area (Å²) >= 11 is 6.20. The molecule has 26 heavy (non-hydrogen) atoms. The Labute approximate surface area is 157 Å². The summed E-state index contributed by atoms with van der Waals surface area (Å²) in [5, 5.41) is 3.23. The van der Waals surface area contributed by atoms with Crippen LogP contribution in [0.15, 0.2) is 29.3 Å². The van der Waals surface area contributed by atoms with Crippen molar-refractivity contribution in [2.75, 3.05) is 18.4 Å². The average Bonchev–Trinajstić information content (AvgIpc) is 2.81. The Kier molecular flexibility index (Phi) is 4.80. The fraction of sp³-hybridized carbons (Fsp3) is 0.421. The van der Waals surface area contributed by atoms with E-state index in [4.69, 9.17) is 16.3 Å². The van der Waals surface area contributed by atoms with Crippen LogP contribution in [0, 0.1) is 6.92 Å². The molecule has 1 spiro atoms. The number of benzene rings is 1. The summed E-state index contributed by atoms with van der Waals surface area (Å²) < 4.78 is 5.61. The predicted molar refractivity (Wildman–Crippen MR) is 97.8 cm³/mol. The molecule has 0 atom stereocenters. The molecule has 3 rings (SSSR count). The van der Waals surface area contributed by atoms with Gasteiger partial charge in [-0.3, -0.25) is 9.59 Å². The molecule has 1 aromatic carbocycles. The molecule has 1 fully saturated rings. The number of carbonyl (C=O) groups excluding carboxylic acids is 3. The van der Waals surface area contributed by atoms with E-state index in [9.17, 15) is 14.4 Å². The van der Waals surface area contributed by atoms with Gasteiger partial charge in [0.15, 0.2) is 0 Å². The fourth-order valence-corrected chi connectivity index (χ4v) is 3.85. The molecule has 2 amide bonds. The summed E-state index contributed by atoms with van der Waals surface area (Å²) in [4.78, 5) is 38.4. The number of likely N-dealkylation sites (tertiary alicyclic amines) is 1. The maximum Gasteiger partial charge on any atom is 0.335 e. The van der Waals surface area contributed by atoms with Gasteiger partial charge in [0.05, 0.1) is 16.3 Å². The highest BCUT2D eigenvalue weighted by atomic mass is 35.5. The molecule has 6 nitrogen and oxygen atoms in total. The first-order valence-corrected chi connectivity index (χ1v) is 8.89. The molecule has 0 unspecified atom stereocenters. The van der Waals surface area contributed by atoms with Crippen molar-refractivity contribution in [3.63, 3.8) is 0 Å². The summed E-state index contributed by atoms with van der Waals surface area (Å²) in [6.45, 7) is 5.90. The van der Waals surface area contributed by atoms with Gasteiger partial charge in [-0.2, -0.15) is 0 Å². The number of halogens is 1. The molecule has 0 aliphatic carbocycles. The zero-order valence-corrected chi connectivity index (χ0v) is 15.8. The van der Waals surface area contributed by atoms with Gasteiger partial charge in [0, 0.05) is 38.4 Å². The van der Waals surface area contributed by atoms with E-state index in [0.29, 0.717) is 47.8 Å². The van der Waals surface area contributed by atoms with Gasteiger partial charge in [0.1, 0.15) is 5.60 Å². The van der Waals surface area contributed by atoms with Crippen molar-refractivity contribution in [1.29, 1.82) is 0 Å². The van der Waals surface area contributed by atoms with Gasteiger partial charge in [-0.25, -0.2) is 4.79 Å². The molecule has 2 heterocycles. The van der Waals surface area contributed by atoms with Crippen molar-refractivity contribution in [2.45, 2.75) is 39.2 Å². The summed E-state index contributed by atoms with van der Waals surface area (Å²) in [7, 11) is 0. The van der Waals surface area contributed by atoms with Gasteiger partial charge < -0.3 is 15.0 Å². The molecule has 1 saturated heterocycles. The minimum atomic E-state index is -0.978. The second-order valence-electron chi connectivity index (χ2n) is 6.83. The topological polar surface area (TPSA) is 75.7 Å². The van der Waals surface area contributed by atoms with Crippen molar-refractivity contribution >= 4 is 35.1 Å². The fourth-order valence-electron chi connectivity index (χ4n) is 3.57. The number of carbonyl (C=O) groups is 3. The van der Waals surface area contributed by atoms with E-state index < -0.39 is 17.5 Å². The summed E-state index contributed by atoms with van der Waals surface area (Å²) in [5.41, 5.74) is 1.13. The molecule has 0 bridgehead atoms. The third kappa shape index (κ3) is 3.21. The van der Waals surface area contributed by atoms with Crippen LogP contribution in [0.25, 0.3) is 0 Å². The van der Waals surface area contributed by atoms with Crippen molar-refractivity contribution < 1.29 is 19.1 Å². The van der Waals surface area contributed by atoms with Gasteiger partial charge in [0.2, 0.25) is 5.91 Å². The molecule has 2 aliphatic heterocycles. The zero-order chi connectivity index (χ0) is 19.1. The van der Waals surface area contributed by atoms with Gasteiger partial charge in [-0.1, -0.05) is 17.7 Å². The molecule has 0 saturated carbocycles. The van der Waals surface area contributed by atoms with E-state index in [-0.39, 0.29) is 5.91 Å². The summed E-state index contributed by atoms with van der Waals surface area (Å²) in [6, 6.07) is 5.34. The quantitative estimate of drug-likeness (QED) is 0.805. The highest BCUT2D eigenvalue weighted by molar-refractivity contribution is 6.34. The minimum Gasteiger partial charge on any atom is -0.450 e. The molecule has 2 aliphatic rings. The maximum atomic E-state index is 13.0. The first-order chi connectivity index (χ1) is 12.2. The Balaban J connectivity index is 1.87. The zero-order valence-electron chi connectivity index (χ0n) is 15.0. The van der Waals surface area contributed by atoms with Crippen molar-refractivity contribution in [1.82, 2.24) is 4.90 Å². The number of rotatable bonds is 2. The highest BCUT2D eigenvalue weighted by Crippen LogP contribution is 2.41. The second kappa shape index (κ2) is 6.76. The summed E-state index contributed by atoms with van der Waals surface area (Å²) in [5.74, 6) is -0.904.